The molecule has 0 aliphatic rings. The molecule has 0 atom stereocenters. The SMILES string of the molecule is CCc1ncc(S(=O)(=O)Nc2ccc(Cl)c(C(N)=O)c2)[nH]1. The summed E-state index contributed by atoms with van der Waals surface area (Å²) < 4.78 is 26.7. The lowest BCUT2D eigenvalue weighted by Crippen LogP contribution is -2.15. The number of primary amides is 1. The summed E-state index contributed by atoms with van der Waals surface area (Å²) in [4.78, 5) is 17.8. The van der Waals surface area contributed by atoms with Crippen LogP contribution in [0.5, 0.6) is 0 Å². The van der Waals surface area contributed by atoms with E-state index in [1.54, 1.807) is 0 Å². The molecule has 112 valence electrons. The third kappa shape index (κ3) is 3.34. The molecule has 0 saturated heterocycles. The molecule has 2 aromatic rings. The van der Waals surface area contributed by atoms with Crippen LogP contribution in [0.2, 0.25) is 5.02 Å². The predicted octanol–water partition coefficient (Wildman–Crippen LogP) is 1.53. The number of H-pyrrole nitrogens is 1. The van der Waals surface area contributed by atoms with Gasteiger partial charge < -0.3 is 10.7 Å². The number of hydrogen-bond acceptors (Lipinski definition) is 4. The highest BCUT2D eigenvalue weighted by atomic mass is 35.5. The van der Waals surface area contributed by atoms with Gasteiger partial charge >= 0.3 is 0 Å². The summed E-state index contributed by atoms with van der Waals surface area (Å²) in [6.07, 6.45) is 1.81. The first-order chi connectivity index (χ1) is 9.83. The first-order valence-electron chi connectivity index (χ1n) is 5.99. The van der Waals surface area contributed by atoms with Gasteiger partial charge in [-0.25, -0.2) is 4.98 Å². The number of sulfonamides is 1. The molecule has 1 aromatic heterocycles. The molecule has 0 aliphatic carbocycles. The van der Waals surface area contributed by atoms with Crippen molar-refractivity contribution in [2.75, 3.05) is 4.72 Å². The molecule has 0 unspecified atom stereocenters. The van der Waals surface area contributed by atoms with E-state index in [1.165, 1.54) is 24.4 Å². The lowest BCUT2D eigenvalue weighted by Gasteiger charge is -2.08. The van der Waals surface area contributed by atoms with Gasteiger partial charge in [-0.2, -0.15) is 8.42 Å². The minimum absolute atomic E-state index is 0.0377. The number of carbonyl (C=O) groups is 1. The van der Waals surface area contributed by atoms with Gasteiger partial charge in [0.2, 0.25) is 5.91 Å². The molecule has 0 radical (unpaired) electrons. The molecule has 4 N–H and O–H groups in total. The molecule has 0 aliphatic heterocycles. The second-order valence-electron chi connectivity index (χ2n) is 4.21. The van der Waals surface area contributed by atoms with Crippen molar-refractivity contribution in [3.8, 4) is 0 Å². The van der Waals surface area contributed by atoms with Crippen molar-refractivity contribution in [2.45, 2.75) is 18.4 Å². The van der Waals surface area contributed by atoms with E-state index in [0.717, 1.165) is 0 Å². The number of aryl methyl sites for hydroxylation is 1. The number of halogens is 1. The Morgan fingerprint density at radius 2 is 2.19 bits per heavy atom. The topological polar surface area (TPSA) is 118 Å². The zero-order valence-corrected chi connectivity index (χ0v) is 12.6. The minimum Gasteiger partial charge on any atom is -0.366 e. The second kappa shape index (κ2) is 5.74. The van der Waals surface area contributed by atoms with Crippen LogP contribution in [0, 0.1) is 0 Å². The van der Waals surface area contributed by atoms with Crippen LogP contribution in [0.3, 0.4) is 0 Å². The van der Waals surface area contributed by atoms with Gasteiger partial charge in [-0.05, 0) is 18.2 Å². The fourth-order valence-electron chi connectivity index (χ4n) is 1.65. The summed E-state index contributed by atoms with van der Waals surface area (Å²) in [7, 11) is -3.82. The van der Waals surface area contributed by atoms with Gasteiger partial charge in [-0.15, -0.1) is 0 Å². The van der Waals surface area contributed by atoms with E-state index in [9.17, 15) is 13.2 Å². The minimum atomic E-state index is -3.82. The van der Waals surface area contributed by atoms with E-state index < -0.39 is 15.9 Å². The van der Waals surface area contributed by atoms with Gasteiger partial charge in [-0.3, -0.25) is 9.52 Å². The van der Waals surface area contributed by atoms with Crippen LogP contribution in [0.25, 0.3) is 0 Å². The highest BCUT2D eigenvalue weighted by molar-refractivity contribution is 7.92. The maximum absolute atomic E-state index is 12.2. The van der Waals surface area contributed by atoms with Crippen LogP contribution in [-0.4, -0.2) is 24.3 Å². The zero-order chi connectivity index (χ0) is 15.6. The van der Waals surface area contributed by atoms with Crippen molar-refractivity contribution in [1.82, 2.24) is 9.97 Å². The molecule has 7 nitrogen and oxygen atoms in total. The van der Waals surface area contributed by atoms with Crippen LogP contribution in [0.4, 0.5) is 5.69 Å². The van der Waals surface area contributed by atoms with Gasteiger partial charge in [0.1, 0.15) is 5.82 Å². The van der Waals surface area contributed by atoms with E-state index in [4.69, 9.17) is 17.3 Å². The average Bonchev–Trinajstić information content (AvgIpc) is 2.90. The monoisotopic (exact) mass is 328 g/mol. The molecule has 0 spiro atoms. The summed E-state index contributed by atoms with van der Waals surface area (Å²) >= 11 is 5.81. The number of benzene rings is 1. The van der Waals surface area contributed by atoms with Crippen LogP contribution >= 0.6 is 11.6 Å². The molecule has 0 saturated carbocycles. The Bertz CT molecular complexity index is 786. The van der Waals surface area contributed by atoms with E-state index >= 15 is 0 Å². The summed E-state index contributed by atoms with van der Waals surface area (Å²) in [5.74, 6) is -0.180. The number of amides is 1. The van der Waals surface area contributed by atoms with Gasteiger partial charge in [0.15, 0.2) is 5.03 Å². The van der Waals surface area contributed by atoms with Gasteiger partial charge in [0.05, 0.1) is 16.8 Å². The summed E-state index contributed by atoms with van der Waals surface area (Å²) in [6, 6.07) is 4.10. The first-order valence-corrected chi connectivity index (χ1v) is 7.85. The molecule has 2 rings (SSSR count). The van der Waals surface area contributed by atoms with Gasteiger partial charge in [0, 0.05) is 12.1 Å². The fraction of sp³-hybridized carbons (Fsp3) is 0.167. The maximum Gasteiger partial charge on any atom is 0.278 e. The molecular formula is C12H13ClN4O3S. The van der Waals surface area contributed by atoms with Gasteiger partial charge in [0.25, 0.3) is 10.0 Å². The third-order valence-electron chi connectivity index (χ3n) is 2.71. The molecule has 9 heteroatoms. The maximum atomic E-state index is 12.2. The molecule has 0 bridgehead atoms. The van der Waals surface area contributed by atoms with Crippen LogP contribution in [-0.2, 0) is 16.4 Å². The van der Waals surface area contributed by atoms with Crippen LogP contribution < -0.4 is 10.5 Å². The Hall–Kier alpha value is -2.06. The Labute approximate surface area is 126 Å². The Morgan fingerprint density at radius 3 is 2.76 bits per heavy atom. The highest BCUT2D eigenvalue weighted by Gasteiger charge is 2.18. The number of imidazole rings is 1. The summed E-state index contributed by atoms with van der Waals surface area (Å²) in [6.45, 7) is 1.85. The van der Waals surface area contributed by atoms with Crippen molar-refractivity contribution < 1.29 is 13.2 Å². The fourth-order valence-corrected chi connectivity index (χ4v) is 2.85. The number of anilines is 1. The van der Waals surface area contributed by atoms with Crippen LogP contribution in [0.1, 0.15) is 23.1 Å². The Morgan fingerprint density at radius 1 is 1.48 bits per heavy atom. The Balaban J connectivity index is 2.32. The van der Waals surface area contributed by atoms with E-state index in [0.29, 0.717) is 12.2 Å². The molecular weight excluding hydrogens is 316 g/mol. The number of nitrogens with one attached hydrogen (secondary N) is 2. The summed E-state index contributed by atoms with van der Waals surface area (Å²) in [5.41, 5.74) is 5.38. The lowest BCUT2D eigenvalue weighted by atomic mass is 10.2. The lowest BCUT2D eigenvalue weighted by molar-refractivity contribution is 0.100. The molecule has 0 fully saturated rings. The molecule has 1 amide bonds. The normalized spacial score (nSPS) is 11.3. The average molecular weight is 329 g/mol. The number of nitrogens with two attached hydrogens (primary N) is 1. The first kappa shape index (κ1) is 15.3. The third-order valence-corrected chi connectivity index (χ3v) is 4.33. The van der Waals surface area contributed by atoms with Gasteiger partial charge in [-0.1, -0.05) is 18.5 Å². The largest absolute Gasteiger partial charge is 0.366 e. The number of nitrogens with zero attached hydrogens (tertiary/aromatic N) is 1. The van der Waals surface area contributed by atoms with Crippen LogP contribution in [0.15, 0.2) is 29.4 Å². The van der Waals surface area contributed by atoms with Crippen molar-refractivity contribution in [2.24, 2.45) is 5.73 Å². The quantitative estimate of drug-likeness (QED) is 0.771. The van der Waals surface area contributed by atoms with E-state index in [1.807, 2.05) is 6.92 Å². The van der Waals surface area contributed by atoms with Crippen molar-refractivity contribution >= 4 is 33.2 Å². The number of aromatic amines is 1. The second-order valence-corrected chi connectivity index (χ2v) is 6.27. The number of aromatic nitrogens is 2. The zero-order valence-electron chi connectivity index (χ0n) is 11.1. The summed E-state index contributed by atoms with van der Waals surface area (Å²) in [5, 5.41) is 0.0928. The molecule has 1 aromatic carbocycles. The van der Waals surface area contributed by atoms with E-state index in [-0.39, 0.29) is 21.3 Å². The predicted molar refractivity (Wildman–Crippen MR) is 78.7 cm³/mol. The van der Waals surface area contributed by atoms with E-state index in [2.05, 4.69) is 14.7 Å². The highest BCUT2D eigenvalue weighted by Crippen LogP contribution is 2.22. The standard InChI is InChI=1S/C12H13ClN4O3S/c1-2-10-15-6-11(16-10)21(19,20)17-7-3-4-9(13)8(5-7)12(14)18/h3-6,17H,2H2,1H3,(H2,14,18)(H,15,16). The molecule has 1 heterocycles. The smallest absolute Gasteiger partial charge is 0.278 e. The Kier molecular flexibility index (Phi) is 4.19. The number of hydrogen-bond donors (Lipinski definition) is 3. The number of carbonyl (C=O) groups excluding carboxylic acids is 1. The molecule has 21 heavy (non-hydrogen) atoms. The van der Waals surface area contributed by atoms with Crippen molar-refractivity contribution in [3.63, 3.8) is 0 Å². The number of rotatable bonds is 5. The van der Waals surface area contributed by atoms with Crippen molar-refractivity contribution in [1.29, 1.82) is 0 Å². The van der Waals surface area contributed by atoms with Crippen molar-refractivity contribution in [3.05, 3.63) is 40.8 Å².